The summed E-state index contributed by atoms with van der Waals surface area (Å²) in [5.74, 6) is -0.470. The molecule has 2 rings (SSSR count). The molecule has 0 unspecified atom stereocenters. The lowest BCUT2D eigenvalue weighted by molar-refractivity contribution is 0.0952. The van der Waals surface area contributed by atoms with Gasteiger partial charge in [0.25, 0.3) is 5.91 Å². The monoisotopic (exact) mass is 325 g/mol. The van der Waals surface area contributed by atoms with Crippen molar-refractivity contribution in [3.05, 3.63) is 45.6 Å². The van der Waals surface area contributed by atoms with E-state index in [0.717, 1.165) is 17.3 Å². The summed E-state index contributed by atoms with van der Waals surface area (Å²) >= 11 is 5.76. The number of rotatable bonds is 4. The molecule has 0 spiro atoms. The second kappa shape index (κ2) is 6.36. The molecule has 0 saturated carbocycles. The Morgan fingerprint density at radius 3 is 2.77 bits per heavy atom. The summed E-state index contributed by atoms with van der Waals surface area (Å²) in [6, 6.07) is 2.41. The number of nitrogens with one attached hydrogen (secondary N) is 1. The molecule has 0 bridgehead atoms. The van der Waals surface area contributed by atoms with E-state index in [0.29, 0.717) is 12.3 Å². The maximum Gasteiger partial charge on any atom is 0.253 e. The average molecular weight is 326 g/mol. The third kappa shape index (κ3) is 3.22. The molecule has 0 aliphatic heterocycles. The minimum absolute atomic E-state index is 0.000422. The Kier molecular flexibility index (Phi) is 4.71. The smallest absolute Gasteiger partial charge is 0.253 e. The second-order valence-corrected chi connectivity index (χ2v) is 5.63. The molecule has 0 fully saturated rings. The molecule has 1 atom stereocenters. The number of aryl methyl sites for hydroxylation is 2. The number of hydrogen-bond donors (Lipinski definition) is 2. The van der Waals surface area contributed by atoms with Gasteiger partial charge in [0, 0.05) is 23.0 Å². The third-order valence-electron chi connectivity index (χ3n) is 3.49. The molecule has 22 heavy (non-hydrogen) atoms. The summed E-state index contributed by atoms with van der Waals surface area (Å²) < 4.78 is 18.6. The van der Waals surface area contributed by atoms with E-state index in [1.165, 1.54) is 6.07 Å². The van der Waals surface area contributed by atoms with Crippen LogP contribution in [-0.4, -0.2) is 17.6 Å². The van der Waals surface area contributed by atoms with Crippen LogP contribution in [0.4, 0.5) is 10.1 Å². The first-order valence-corrected chi connectivity index (χ1v) is 7.14. The van der Waals surface area contributed by atoms with Crippen LogP contribution in [0.2, 0.25) is 5.02 Å². The molecule has 2 aromatic rings. The van der Waals surface area contributed by atoms with E-state index in [9.17, 15) is 9.18 Å². The van der Waals surface area contributed by atoms with Crippen LogP contribution in [0.15, 0.2) is 16.7 Å². The molecule has 0 saturated heterocycles. The highest BCUT2D eigenvalue weighted by Crippen LogP contribution is 2.24. The van der Waals surface area contributed by atoms with Gasteiger partial charge in [-0.3, -0.25) is 4.79 Å². The van der Waals surface area contributed by atoms with Crippen LogP contribution in [0.3, 0.4) is 0 Å². The van der Waals surface area contributed by atoms with Gasteiger partial charge >= 0.3 is 0 Å². The molecule has 1 aromatic heterocycles. The van der Waals surface area contributed by atoms with Gasteiger partial charge in [0.15, 0.2) is 0 Å². The van der Waals surface area contributed by atoms with E-state index in [2.05, 4.69) is 10.5 Å². The Morgan fingerprint density at radius 2 is 2.18 bits per heavy atom. The van der Waals surface area contributed by atoms with E-state index in [1.807, 2.05) is 20.8 Å². The van der Waals surface area contributed by atoms with Crippen molar-refractivity contribution in [2.75, 3.05) is 12.3 Å². The summed E-state index contributed by atoms with van der Waals surface area (Å²) in [6.07, 6.45) is 0. The summed E-state index contributed by atoms with van der Waals surface area (Å²) in [5.41, 5.74) is 7.12. The lowest BCUT2D eigenvalue weighted by atomic mass is 9.99. The van der Waals surface area contributed by atoms with Crippen LogP contribution in [0.25, 0.3) is 0 Å². The van der Waals surface area contributed by atoms with Crippen LogP contribution in [-0.2, 0) is 0 Å². The third-order valence-corrected chi connectivity index (χ3v) is 3.71. The van der Waals surface area contributed by atoms with Crippen LogP contribution in [0, 0.1) is 19.7 Å². The van der Waals surface area contributed by atoms with Gasteiger partial charge in [-0.2, -0.15) is 0 Å². The SMILES string of the molecule is Cc1noc(C)c1[C@@H](C)CNC(=O)c1cc(Cl)cc(F)c1N. The Balaban J connectivity index is 2.11. The Labute approximate surface area is 132 Å². The lowest BCUT2D eigenvalue weighted by Crippen LogP contribution is -2.28. The fourth-order valence-corrected chi connectivity index (χ4v) is 2.61. The predicted octanol–water partition coefficient (Wildman–Crippen LogP) is 3.20. The first kappa shape index (κ1) is 16.3. The number of benzene rings is 1. The lowest BCUT2D eigenvalue weighted by Gasteiger charge is -2.13. The fraction of sp³-hybridized carbons (Fsp3) is 0.333. The van der Waals surface area contributed by atoms with Gasteiger partial charge in [-0.15, -0.1) is 0 Å². The zero-order chi connectivity index (χ0) is 16.4. The number of carbonyl (C=O) groups is 1. The van der Waals surface area contributed by atoms with E-state index in [1.54, 1.807) is 0 Å². The quantitative estimate of drug-likeness (QED) is 0.846. The van der Waals surface area contributed by atoms with Crippen LogP contribution >= 0.6 is 11.6 Å². The number of anilines is 1. The van der Waals surface area contributed by atoms with Crippen molar-refractivity contribution in [3.8, 4) is 0 Å². The van der Waals surface area contributed by atoms with Gasteiger partial charge in [-0.1, -0.05) is 23.7 Å². The number of aromatic nitrogens is 1. The molecule has 0 radical (unpaired) electrons. The molecule has 5 nitrogen and oxygen atoms in total. The number of carbonyl (C=O) groups excluding carboxylic acids is 1. The van der Waals surface area contributed by atoms with Crippen LogP contribution < -0.4 is 11.1 Å². The maximum absolute atomic E-state index is 13.5. The van der Waals surface area contributed by atoms with Crippen molar-refractivity contribution in [3.63, 3.8) is 0 Å². The van der Waals surface area contributed by atoms with E-state index < -0.39 is 11.7 Å². The zero-order valence-corrected chi connectivity index (χ0v) is 13.3. The van der Waals surface area contributed by atoms with Crippen molar-refractivity contribution in [2.45, 2.75) is 26.7 Å². The molecule has 7 heteroatoms. The average Bonchev–Trinajstić information content (AvgIpc) is 2.79. The molecular formula is C15H17ClFN3O2. The van der Waals surface area contributed by atoms with Gasteiger partial charge < -0.3 is 15.6 Å². The fourth-order valence-electron chi connectivity index (χ4n) is 2.41. The molecule has 1 heterocycles. The first-order chi connectivity index (χ1) is 10.3. The van der Waals surface area contributed by atoms with Gasteiger partial charge in [-0.25, -0.2) is 4.39 Å². The normalized spacial score (nSPS) is 12.2. The summed E-state index contributed by atoms with van der Waals surface area (Å²) in [6.45, 7) is 5.94. The summed E-state index contributed by atoms with van der Waals surface area (Å²) in [7, 11) is 0. The number of halogens is 2. The molecule has 1 aromatic carbocycles. The summed E-state index contributed by atoms with van der Waals surface area (Å²) in [5, 5.41) is 6.73. The van der Waals surface area contributed by atoms with Crippen molar-refractivity contribution in [2.24, 2.45) is 0 Å². The van der Waals surface area contributed by atoms with Crippen molar-refractivity contribution in [1.82, 2.24) is 10.5 Å². The van der Waals surface area contributed by atoms with E-state index in [-0.39, 0.29) is 22.2 Å². The largest absolute Gasteiger partial charge is 0.396 e. The van der Waals surface area contributed by atoms with Crippen molar-refractivity contribution < 1.29 is 13.7 Å². The van der Waals surface area contributed by atoms with Crippen LogP contribution in [0.5, 0.6) is 0 Å². The molecule has 0 aliphatic carbocycles. The number of hydrogen-bond acceptors (Lipinski definition) is 4. The predicted molar refractivity (Wildman–Crippen MR) is 82.5 cm³/mol. The Hall–Kier alpha value is -2.08. The number of nitrogens with two attached hydrogens (primary N) is 1. The first-order valence-electron chi connectivity index (χ1n) is 6.76. The standard InChI is InChI=1S/C15H17ClFN3O2/c1-7(13-8(2)20-22-9(13)3)6-19-15(21)11-4-10(16)5-12(17)14(11)18/h4-5,7H,6,18H2,1-3H3,(H,19,21)/t7-/m0/s1. The summed E-state index contributed by atoms with van der Waals surface area (Å²) in [4.78, 5) is 12.2. The van der Waals surface area contributed by atoms with Gasteiger partial charge in [-0.05, 0) is 26.0 Å². The highest BCUT2D eigenvalue weighted by atomic mass is 35.5. The van der Waals surface area contributed by atoms with Gasteiger partial charge in [0.1, 0.15) is 11.6 Å². The maximum atomic E-state index is 13.5. The molecule has 0 aliphatic rings. The Bertz CT molecular complexity index is 696. The van der Waals surface area contributed by atoms with Gasteiger partial charge in [0.2, 0.25) is 0 Å². The Morgan fingerprint density at radius 1 is 1.50 bits per heavy atom. The highest BCUT2D eigenvalue weighted by molar-refractivity contribution is 6.31. The molecule has 3 N–H and O–H groups in total. The van der Waals surface area contributed by atoms with Crippen LogP contribution in [0.1, 0.15) is 40.2 Å². The number of nitrogen functional groups attached to an aromatic ring is 1. The van der Waals surface area contributed by atoms with Crippen molar-refractivity contribution >= 4 is 23.2 Å². The van der Waals surface area contributed by atoms with Gasteiger partial charge in [0.05, 0.1) is 16.9 Å². The highest BCUT2D eigenvalue weighted by Gasteiger charge is 2.19. The molecular weight excluding hydrogens is 309 g/mol. The van der Waals surface area contributed by atoms with E-state index in [4.69, 9.17) is 21.9 Å². The number of nitrogens with zero attached hydrogens (tertiary/aromatic N) is 1. The van der Waals surface area contributed by atoms with E-state index >= 15 is 0 Å². The minimum atomic E-state index is -0.712. The molecule has 1 amide bonds. The molecule has 118 valence electrons. The zero-order valence-electron chi connectivity index (χ0n) is 12.5. The second-order valence-electron chi connectivity index (χ2n) is 5.20. The van der Waals surface area contributed by atoms with Crippen molar-refractivity contribution in [1.29, 1.82) is 0 Å². The minimum Gasteiger partial charge on any atom is -0.396 e. The number of amides is 1. The topological polar surface area (TPSA) is 81.2 Å².